The van der Waals surface area contributed by atoms with E-state index in [1.54, 1.807) is 6.07 Å². The molecular formula is C12H10ClN3O4. The Labute approximate surface area is 117 Å². The van der Waals surface area contributed by atoms with Gasteiger partial charge in [0.15, 0.2) is 0 Å². The molecule has 2 N–H and O–H groups in total. The second kappa shape index (κ2) is 4.11. The number of nitrogens with one attached hydrogen (secondary N) is 1. The third-order valence-corrected chi connectivity index (χ3v) is 3.70. The minimum atomic E-state index is -1.12. The van der Waals surface area contributed by atoms with E-state index in [0.717, 1.165) is 4.57 Å². The Balaban J connectivity index is 2.45. The van der Waals surface area contributed by atoms with Gasteiger partial charge in [-0.05, 0) is 19.1 Å². The Morgan fingerprint density at radius 1 is 1.45 bits per heavy atom. The molecule has 0 saturated heterocycles. The number of aromatic nitrogens is 2. The highest BCUT2D eigenvalue weighted by Crippen LogP contribution is 2.33. The fraction of sp³-hybridized carbons (Fsp3) is 0.250. The van der Waals surface area contributed by atoms with Crippen LogP contribution < -0.4 is 11.0 Å². The third kappa shape index (κ3) is 1.56. The zero-order valence-corrected chi connectivity index (χ0v) is 11.1. The molecule has 0 spiro atoms. The van der Waals surface area contributed by atoms with Gasteiger partial charge in [0.05, 0.1) is 21.7 Å². The second-order valence-corrected chi connectivity index (χ2v) is 5.00. The molecule has 1 amide bonds. The van der Waals surface area contributed by atoms with Crippen LogP contribution in [0, 0.1) is 0 Å². The van der Waals surface area contributed by atoms with Crippen molar-refractivity contribution in [1.82, 2.24) is 9.13 Å². The molecule has 0 bridgehead atoms. The highest BCUT2D eigenvalue weighted by Gasteiger charge is 2.28. The van der Waals surface area contributed by atoms with E-state index in [1.807, 2.05) is 0 Å². The summed E-state index contributed by atoms with van der Waals surface area (Å²) in [5, 5.41) is 12.0. The molecule has 104 valence electrons. The SMILES string of the molecule is C[C@H](C(=O)O)n1c(=O)n2c3c(c(Cl)ccc31)NC(=O)C2. The van der Waals surface area contributed by atoms with Crippen LogP contribution in [0.4, 0.5) is 5.69 Å². The smallest absolute Gasteiger partial charge is 0.330 e. The van der Waals surface area contributed by atoms with Gasteiger partial charge in [0, 0.05) is 0 Å². The molecule has 0 aliphatic carbocycles. The molecule has 3 rings (SSSR count). The molecule has 1 aliphatic rings. The number of amides is 1. The van der Waals surface area contributed by atoms with Crippen LogP contribution in [0.5, 0.6) is 0 Å². The standard InChI is InChI=1S/C12H10ClN3O4/c1-5(11(18)19)16-7-3-2-6(13)9-10(7)15(12(16)20)4-8(17)14-9/h2-3,5H,4H2,1H3,(H,14,17)(H,18,19)/t5-/m1/s1. The lowest BCUT2D eigenvalue weighted by atomic mass is 10.2. The van der Waals surface area contributed by atoms with Crippen molar-refractivity contribution in [2.75, 3.05) is 5.32 Å². The summed E-state index contributed by atoms with van der Waals surface area (Å²) in [4.78, 5) is 35.1. The Morgan fingerprint density at radius 2 is 2.15 bits per heavy atom. The molecule has 2 heterocycles. The van der Waals surface area contributed by atoms with Gasteiger partial charge in [0.2, 0.25) is 5.91 Å². The number of hydrogen-bond acceptors (Lipinski definition) is 3. The van der Waals surface area contributed by atoms with Gasteiger partial charge < -0.3 is 10.4 Å². The van der Waals surface area contributed by atoms with Gasteiger partial charge in [-0.3, -0.25) is 13.9 Å². The summed E-state index contributed by atoms with van der Waals surface area (Å²) in [5.41, 5.74) is 0.696. The van der Waals surface area contributed by atoms with E-state index in [9.17, 15) is 14.4 Å². The van der Waals surface area contributed by atoms with Crippen molar-refractivity contribution in [3.05, 3.63) is 27.6 Å². The first-order chi connectivity index (χ1) is 9.41. The number of carboxylic acid groups (broad SMARTS) is 1. The number of carbonyl (C=O) groups excluding carboxylic acids is 1. The number of aliphatic carboxylic acids is 1. The number of benzene rings is 1. The lowest BCUT2D eigenvalue weighted by Gasteiger charge is -2.15. The Bertz CT molecular complexity index is 820. The van der Waals surface area contributed by atoms with Crippen molar-refractivity contribution in [3.8, 4) is 0 Å². The first-order valence-corrected chi connectivity index (χ1v) is 6.25. The van der Waals surface area contributed by atoms with Crippen LogP contribution in [0.1, 0.15) is 13.0 Å². The van der Waals surface area contributed by atoms with E-state index in [0.29, 0.717) is 21.7 Å². The topological polar surface area (TPSA) is 93.3 Å². The first kappa shape index (κ1) is 12.7. The molecule has 1 atom stereocenters. The first-order valence-electron chi connectivity index (χ1n) is 5.87. The van der Waals surface area contributed by atoms with E-state index in [4.69, 9.17) is 16.7 Å². The van der Waals surface area contributed by atoms with Crippen molar-refractivity contribution in [1.29, 1.82) is 0 Å². The Hall–Kier alpha value is -2.28. The van der Waals surface area contributed by atoms with E-state index < -0.39 is 17.7 Å². The summed E-state index contributed by atoms with van der Waals surface area (Å²) in [7, 11) is 0. The monoisotopic (exact) mass is 295 g/mol. The number of hydrogen-bond donors (Lipinski definition) is 2. The maximum absolute atomic E-state index is 12.3. The lowest BCUT2D eigenvalue weighted by molar-refractivity contribution is -0.140. The van der Waals surface area contributed by atoms with Gasteiger partial charge >= 0.3 is 11.7 Å². The molecule has 8 heteroatoms. The van der Waals surface area contributed by atoms with Crippen LogP contribution in [-0.2, 0) is 16.1 Å². The molecule has 1 aromatic carbocycles. The highest BCUT2D eigenvalue weighted by molar-refractivity contribution is 6.35. The maximum atomic E-state index is 12.3. The van der Waals surface area contributed by atoms with Crippen LogP contribution >= 0.6 is 11.6 Å². The molecule has 1 aromatic heterocycles. The van der Waals surface area contributed by atoms with Crippen LogP contribution in [0.2, 0.25) is 5.02 Å². The van der Waals surface area contributed by atoms with E-state index in [2.05, 4.69) is 5.32 Å². The number of rotatable bonds is 2. The van der Waals surface area contributed by atoms with Crippen molar-refractivity contribution in [2.24, 2.45) is 0 Å². The van der Waals surface area contributed by atoms with Gasteiger partial charge in [-0.1, -0.05) is 11.6 Å². The summed E-state index contributed by atoms with van der Waals surface area (Å²) in [6.45, 7) is 1.26. The number of nitrogens with zero attached hydrogens (tertiary/aromatic N) is 2. The fourth-order valence-corrected chi connectivity index (χ4v) is 2.62. The van der Waals surface area contributed by atoms with Gasteiger partial charge in [0.1, 0.15) is 12.6 Å². The second-order valence-electron chi connectivity index (χ2n) is 4.59. The highest BCUT2D eigenvalue weighted by atomic mass is 35.5. The average molecular weight is 296 g/mol. The van der Waals surface area contributed by atoms with Gasteiger partial charge in [0.25, 0.3) is 0 Å². The number of halogens is 1. The third-order valence-electron chi connectivity index (χ3n) is 3.38. The zero-order valence-electron chi connectivity index (χ0n) is 10.4. The van der Waals surface area contributed by atoms with Crippen LogP contribution in [0.3, 0.4) is 0 Å². The minimum absolute atomic E-state index is 0.151. The summed E-state index contributed by atoms with van der Waals surface area (Å²) in [6.07, 6.45) is 0. The summed E-state index contributed by atoms with van der Waals surface area (Å²) >= 11 is 6.02. The molecule has 0 unspecified atom stereocenters. The van der Waals surface area contributed by atoms with E-state index >= 15 is 0 Å². The van der Waals surface area contributed by atoms with Crippen molar-refractivity contribution < 1.29 is 14.7 Å². The van der Waals surface area contributed by atoms with Crippen molar-refractivity contribution in [3.63, 3.8) is 0 Å². The predicted molar refractivity (Wildman–Crippen MR) is 72.2 cm³/mol. The van der Waals surface area contributed by atoms with Crippen LogP contribution in [-0.4, -0.2) is 26.1 Å². The van der Waals surface area contributed by atoms with E-state index in [1.165, 1.54) is 17.6 Å². The summed E-state index contributed by atoms with van der Waals surface area (Å²) < 4.78 is 2.40. The normalized spacial score (nSPS) is 15.2. The number of anilines is 1. The van der Waals surface area contributed by atoms with Gasteiger partial charge in [-0.15, -0.1) is 0 Å². The summed E-state index contributed by atoms with van der Waals surface area (Å²) in [5.74, 6) is -1.49. The number of carbonyl (C=O) groups is 2. The largest absolute Gasteiger partial charge is 0.480 e. The predicted octanol–water partition coefficient (Wildman–Crippen LogP) is 1.05. The quantitative estimate of drug-likeness (QED) is 0.866. The molecule has 1 aliphatic heterocycles. The maximum Gasteiger partial charge on any atom is 0.330 e. The van der Waals surface area contributed by atoms with Gasteiger partial charge in [-0.25, -0.2) is 9.59 Å². The average Bonchev–Trinajstić information content (AvgIpc) is 2.67. The Kier molecular flexibility index (Phi) is 2.62. The molecular weight excluding hydrogens is 286 g/mol. The molecule has 20 heavy (non-hydrogen) atoms. The summed E-state index contributed by atoms with van der Waals surface area (Å²) in [6, 6.07) is 2.07. The molecule has 0 fully saturated rings. The molecule has 0 saturated carbocycles. The lowest BCUT2D eigenvalue weighted by Crippen LogP contribution is -2.34. The van der Waals surface area contributed by atoms with Crippen molar-refractivity contribution in [2.45, 2.75) is 19.5 Å². The van der Waals surface area contributed by atoms with Crippen molar-refractivity contribution >= 4 is 40.2 Å². The number of imidazole rings is 1. The fourth-order valence-electron chi connectivity index (χ4n) is 2.42. The minimum Gasteiger partial charge on any atom is -0.480 e. The van der Waals surface area contributed by atoms with Crippen LogP contribution in [0.25, 0.3) is 11.0 Å². The molecule has 7 nitrogen and oxygen atoms in total. The van der Waals surface area contributed by atoms with E-state index in [-0.39, 0.29) is 12.5 Å². The number of carboxylic acids is 1. The van der Waals surface area contributed by atoms with Gasteiger partial charge in [-0.2, -0.15) is 0 Å². The van der Waals surface area contributed by atoms with Crippen LogP contribution in [0.15, 0.2) is 16.9 Å². The Morgan fingerprint density at radius 3 is 2.80 bits per heavy atom. The molecule has 0 radical (unpaired) electrons. The molecule has 2 aromatic rings. The zero-order chi connectivity index (χ0) is 14.6.